The molecule has 1 unspecified atom stereocenters. The topological polar surface area (TPSA) is 46.2 Å². The van der Waals surface area contributed by atoms with Crippen LogP contribution in [0.15, 0.2) is 0 Å². The highest BCUT2D eigenvalue weighted by atomic mass is 32.2. The Bertz CT molecular complexity index is 96.1. The molecule has 0 aromatic heterocycles. The van der Waals surface area contributed by atoms with Crippen molar-refractivity contribution in [3.8, 4) is 0 Å². The second kappa shape index (κ2) is 5.86. The molecule has 0 heterocycles. The summed E-state index contributed by atoms with van der Waals surface area (Å²) < 4.78 is 0. The Morgan fingerprint density at radius 1 is 1.55 bits per heavy atom. The number of hydrogen-bond acceptors (Lipinski definition) is 3. The van der Waals surface area contributed by atoms with Gasteiger partial charge in [-0.3, -0.25) is 0 Å². The largest absolute Gasteiger partial charge is 0.388 e. The maximum absolute atomic E-state index is 9.48. The van der Waals surface area contributed by atoms with Crippen molar-refractivity contribution < 1.29 is 5.11 Å². The van der Waals surface area contributed by atoms with E-state index in [-0.39, 0.29) is 0 Å². The van der Waals surface area contributed by atoms with Crippen LogP contribution in [-0.4, -0.2) is 28.8 Å². The van der Waals surface area contributed by atoms with Crippen molar-refractivity contribution in [1.82, 2.24) is 0 Å². The first-order valence-electron chi connectivity index (χ1n) is 4.12. The Kier molecular flexibility index (Phi) is 6.01. The molecule has 0 spiro atoms. The fourth-order valence-electron chi connectivity index (χ4n) is 0.597. The Hall–Kier alpha value is 0.270. The number of thioether (sulfide) groups is 1. The van der Waals surface area contributed by atoms with Gasteiger partial charge < -0.3 is 10.8 Å². The number of unbranched alkanes of at least 4 members (excludes halogenated alkanes) is 1. The summed E-state index contributed by atoms with van der Waals surface area (Å²) in [6.45, 7) is 4.31. The molecule has 1 atom stereocenters. The van der Waals surface area contributed by atoms with E-state index in [0.717, 1.165) is 11.5 Å². The van der Waals surface area contributed by atoms with Gasteiger partial charge in [0, 0.05) is 12.3 Å². The minimum Gasteiger partial charge on any atom is -0.388 e. The summed E-state index contributed by atoms with van der Waals surface area (Å²) in [5, 5.41) is 9.48. The second-order valence-electron chi connectivity index (χ2n) is 3.11. The van der Waals surface area contributed by atoms with Gasteiger partial charge >= 0.3 is 0 Å². The van der Waals surface area contributed by atoms with Crippen molar-refractivity contribution in [2.45, 2.75) is 32.3 Å². The summed E-state index contributed by atoms with van der Waals surface area (Å²) >= 11 is 1.78. The van der Waals surface area contributed by atoms with Crippen LogP contribution in [0.4, 0.5) is 0 Å². The molecular weight excluding hydrogens is 158 g/mol. The number of rotatable bonds is 6. The standard InChI is InChI=1S/C8H19NOS/c1-3-4-5-11-7-8(2,10)6-9/h10H,3-7,9H2,1-2H3. The first-order chi connectivity index (χ1) is 5.12. The molecule has 0 amide bonds. The summed E-state index contributed by atoms with van der Waals surface area (Å²) in [5.74, 6) is 1.89. The Morgan fingerprint density at radius 2 is 2.18 bits per heavy atom. The van der Waals surface area contributed by atoms with Crippen LogP contribution in [0.25, 0.3) is 0 Å². The third-order valence-corrected chi connectivity index (χ3v) is 2.90. The number of nitrogens with two attached hydrogens (primary N) is 1. The highest BCUT2D eigenvalue weighted by molar-refractivity contribution is 7.99. The van der Waals surface area contributed by atoms with E-state index < -0.39 is 5.60 Å². The van der Waals surface area contributed by atoms with Gasteiger partial charge in [0.2, 0.25) is 0 Å². The van der Waals surface area contributed by atoms with Gasteiger partial charge in [0.25, 0.3) is 0 Å². The molecule has 11 heavy (non-hydrogen) atoms. The van der Waals surface area contributed by atoms with Crippen LogP contribution in [-0.2, 0) is 0 Å². The van der Waals surface area contributed by atoms with Gasteiger partial charge in [0.15, 0.2) is 0 Å². The van der Waals surface area contributed by atoms with Gasteiger partial charge in [0.1, 0.15) is 0 Å². The van der Waals surface area contributed by atoms with Crippen LogP contribution in [0.3, 0.4) is 0 Å². The average Bonchev–Trinajstić information content (AvgIpc) is 1.99. The molecular formula is C8H19NOS. The van der Waals surface area contributed by atoms with E-state index in [0.29, 0.717) is 6.54 Å². The minimum atomic E-state index is -0.668. The number of aliphatic hydroxyl groups is 1. The lowest BCUT2D eigenvalue weighted by atomic mass is 10.1. The Morgan fingerprint density at radius 3 is 2.64 bits per heavy atom. The highest BCUT2D eigenvalue weighted by Crippen LogP contribution is 2.12. The molecule has 0 radical (unpaired) electrons. The molecule has 0 saturated carbocycles. The highest BCUT2D eigenvalue weighted by Gasteiger charge is 2.16. The van der Waals surface area contributed by atoms with E-state index >= 15 is 0 Å². The minimum absolute atomic E-state index is 0.353. The van der Waals surface area contributed by atoms with Crippen molar-refractivity contribution in [3.63, 3.8) is 0 Å². The first kappa shape index (κ1) is 11.3. The van der Waals surface area contributed by atoms with E-state index in [2.05, 4.69) is 6.92 Å². The zero-order valence-electron chi connectivity index (χ0n) is 7.47. The Balaban J connectivity index is 3.23. The summed E-state index contributed by atoms with van der Waals surface area (Å²) in [6, 6.07) is 0. The van der Waals surface area contributed by atoms with E-state index in [1.165, 1.54) is 12.8 Å². The molecule has 0 fully saturated rings. The summed E-state index contributed by atoms with van der Waals surface area (Å²) in [7, 11) is 0. The van der Waals surface area contributed by atoms with Crippen molar-refractivity contribution in [2.75, 3.05) is 18.1 Å². The lowest BCUT2D eigenvalue weighted by Gasteiger charge is -2.19. The molecule has 0 aliphatic rings. The van der Waals surface area contributed by atoms with Gasteiger partial charge in [-0.25, -0.2) is 0 Å². The van der Waals surface area contributed by atoms with Gasteiger partial charge in [0.05, 0.1) is 5.60 Å². The maximum atomic E-state index is 9.48. The third kappa shape index (κ3) is 6.66. The fourth-order valence-corrected chi connectivity index (χ4v) is 1.79. The van der Waals surface area contributed by atoms with E-state index in [4.69, 9.17) is 5.73 Å². The monoisotopic (exact) mass is 177 g/mol. The van der Waals surface area contributed by atoms with Crippen LogP contribution >= 0.6 is 11.8 Å². The van der Waals surface area contributed by atoms with Crippen LogP contribution < -0.4 is 5.73 Å². The third-order valence-electron chi connectivity index (χ3n) is 1.49. The average molecular weight is 177 g/mol. The van der Waals surface area contributed by atoms with Crippen molar-refractivity contribution in [1.29, 1.82) is 0 Å². The van der Waals surface area contributed by atoms with Gasteiger partial charge in [-0.15, -0.1) is 0 Å². The van der Waals surface area contributed by atoms with Gasteiger partial charge in [-0.1, -0.05) is 13.3 Å². The first-order valence-corrected chi connectivity index (χ1v) is 5.28. The van der Waals surface area contributed by atoms with Crippen LogP contribution in [0.5, 0.6) is 0 Å². The number of hydrogen-bond donors (Lipinski definition) is 2. The van der Waals surface area contributed by atoms with Gasteiger partial charge in [-0.05, 0) is 19.1 Å². The molecule has 0 bridgehead atoms. The van der Waals surface area contributed by atoms with Crippen LogP contribution in [0, 0.1) is 0 Å². The fraction of sp³-hybridized carbons (Fsp3) is 1.00. The van der Waals surface area contributed by atoms with Gasteiger partial charge in [-0.2, -0.15) is 11.8 Å². The predicted octanol–water partition coefficient (Wildman–Crippen LogP) is 1.23. The molecule has 3 heteroatoms. The van der Waals surface area contributed by atoms with Crippen molar-refractivity contribution in [3.05, 3.63) is 0 Å². The molecule has 0 aromatic carbocycles. The molecule has 0 rings (SSSR count). The summed E-state index contributed by atoms with van der Waals surface area (Å²) in [4.78, 5) is 0. The lowest BCUT2D eigenvalue weighted by Crippen LogP contribution is -2.36. The van der Waals surface area contributed by atoms with Crippen molar-refractivity contribution in [2.24, 2.45) is 5.73 Å². The summed E-state index contributed by atoms with van der Waals surface area (Å²) in [5.41, 5.74) is 4.69. The molecule has 0 saturated heterocycles. The van der Waals surface area contributed by atoms with E-state index in [9.17, 15) is 5.11 Å². The summed E-state index contributed by atoms with van der Waals surface area (Å²) in [6.07, 6.45) is 2.45. The zero-order chi connectivity index (χ0) is 8.74. The molecule has 0 aromatic rings. The molecule has 0 aliphatic carbocycles. The normalized spacial score (nSPS) is 16.4. The lowest BCUT2D eigenvalue weighted by molar-refractivity contribution is 0.0949. The van der Waals surface area contributed by atoms with E-state index in [1.807, 2.05) is 0 Å². The molecule has 2 nitrogen and oxygen atoms in total. The molecule has 0 aliphatic heterocycles. The van der Waals surface area contributed by atoms with Crippen LogP contribution in [0.2, 0.25) is 0 Å². The van der Waals surface area contributed by atoms with E-state index in [1.54, 1.807) is 18.7 Å². The Labute approximate surface area is 73.6 Å². The molecule has 68 valence electrons. The molecule has 3 N–H and O–H groups in total. The zero-order valence-corrected chi connectivity index (χ0v) is 8.28. The maximum Gasteiger partial charge on any atom is 0.0831 e. The van der Waals surface area contributed by atoms with Crippen LogP contribution in [0.1, 0.15) is 26.7 Å². The smallest absolute Gasteiger partial charge is 0.0831 e. The quantitative estimate of drug-likeness (QED) is 0.600. The predicted molar refractivity (Wildman–Crippen MR) is 51.9 cm³/mol. The van der Waals surface area contributed by atoms with Crippen molar-refractivity contribution >= 4 is 11.8 Å². The second-order valence-corrected chi connectivity index (χ2v) is 4.21. The SMILES string of the molecule is CCCCSCC(C)(O)CN.